The number of anilines is 1. The Hall–Kier alpha value is -1.76. The molecule has 0 aliphatic heterocycles. The Morgan fingerprint density at radius 2 is 1.81 bits per heavy atom. The zero-order valence-electron chi connectivity index (χ0n) is 12.4. The number of nitrogen functional groups attached to an aromatic ring is 1. The number of benzene rings is 1. The minimum atomic E-state index is -4.57. The molecular weight excluding hydrogens is 283 g/mol. The molecule has 0 aromatic heterocycles. The van der Waals surface area contributed by atoms with Crippen LogP contribution in [0.4, 0.5) is 18.9 Å². The summed E-state index contributed by atoms with van der Waals surface area (Å²) >= 11 is 0. The third-order valence-corrected chi connectivity index (χ3v) is 3.09. The Kier molecular flexibility index (Phi) is 5.60. The van der Waals surface area contributed by atoms with Gasteiger partial charge in [0, 0.05) is 13.6 Å². The van der Waals surface area contributed by atoms with E-state index >= 15 is 0 Å². The number of nitrogens with two attached hydrogens (primary N) is 1. The summed E-state index contributed by atoms with van der Waals surface area (Å²) in [6, 6.07) is 3.38. The molecule has 0 heterocycles. The van der Waals surface area contributed by atoms with E-state index in [0.717, 1.165) is 19.0 Å². The summed E-state index contributed by atoms with van der Waals surface area (Å²) in [5.74, 6) is -0.502. The molecule has 0 radical (unpaired) electrons. The molecule has 1 aromatic rings. The van der Waals surface area contributed by atoms with Gasteiger partial charge in [-0.3, -0.25) is 4.79 Å². The van der Waals surface area contributed by atoms with Gasteiger partial charge in [0.05, 0.1) is 16.8 Å². The highest BCUT2D eigenvalue weighted by Gasteiger charge is 2.34. The number of amides is 1. The van der Waals surface area contributed by atoms with Crippen LogP contribution < -0.4 is 5.73 Å². The highest BCUT2D eigenvalue weighted by atomic mass is 19.4. The van der Waals surface area contributed by atoms with Crippen molar-refractivity contribution in [1.82, 2.24) is 9.80 Å². The number of para-hydroxylation sites is 1. The lowest BCUT2D eigenvalue weighted by atomic mass is 10.1. The molecule has 118 valence electrons. The summed E-state index contributed by atoms with van der Waals surface area (Å²) in [6.45, 7) is 1.24. The average Bonchev–Trinajstić information content (AvgIpc) is 2.36. The molecule has 0 bridgehead atoms. The first-order chi connectivity index (χ1) is 9.64. The summed E-state index contributed by atoms with van der Waals surface area (Å²) in [4.78, 5) is 15.5. The summed E-state index contributed by atoms with van der Waals surface area (Å²) < 4.78 is 38.3. The largest absolute Gasteiger partial charge is 0.418 e. The van der Waals surface area contributed by atoms with Crippen LogP contribution in [0.5, 0.6) is 0 Å². The molecule has 7 heteroatoms. The van der Waals surface area contributed by atoms with Gasteiger partial charge in [0.1, 0.15) is 0 Å². The Morgan fingerprint density at radius 1 is 1.19 bits per heavy atom. The SMILES string of the molecule is CN(C)CCCN(C)C(=O)c1cccc(C(F)(F)F)c1N. The van der Waals surface area contributed by atoms with Gasteiger partial charge >= 0.3 is 6.18 Å². The van der Waals surface area contributed by atoms with Gasteiger partial charge in [-0.05, 0) is 39.2 Å². The van der Waals surface area contributed by atoms with E-state index in [0.29, 0.717) is 6.54 Å². The predicted molar refractivity (Wildman–Crippen MR) is 76.0 cm³/mol. The van der Waals surface area contributed by atoms with Crippen molar-refractivity contribution in [2.75, 3.05) is 40.0 Å². The third-order valence-electron chi connectivity index (χ3n) is 3.09. The van der Waals surface area contributed by atoms with Gasteiger partial charge in [-0.25, -0.2) is 0 Å². The predicted octanol–water partition coefficient (Wildman–Crippen LogP) is 2.31. The van der Waals surface area contributed by atoms with Crippen LogP contribution in [0.25, 0.3) is 0 Å². The van der Waals surface area contributed by atoms with E-state index in [2.05, 4.69) is 0 Å². The second-order valence-electron chi connectivity index (χ2n) is 5.15. The van der Waals surface area contributed by atoms with E-state index in [4.69, 9.17) is 5.73 Å². The van der Waals surface area contributed by atoms with Crippen LogP contribution in [0, 0.1) is 0 Å². The highest BCUT2D eigenvalue weighted by Crippen LogP contribution is 2.35. The van der Waals surface area contributed by atoms with Crippen LogP contribution in [-0.2, 0) is 6.18 Å². The van der Waals surface area contributed by atoms with E-state index in [1.165, 1.54) is 17.0 Å². The standard InChI is InChI=1S/C14H20F3N3O/c1-19(2)8-5-9-20(3)13(21)10-6-4-7-11(12(10)18)14(15,16)17/h4,6-7H,5,8-9,18H2,1-3H3. The number of carbonyl (C=O) groups excluding carboxylic acids is 1. The van der Waals surface area contributed by atoms with Crippen LogP contribution in [0.2, 0.25) is 0 Å². The van der Waals surface area contributed by atoms with E-state index in [-0.39, 0.29) is 5.56 Å². The Balaban J connectivity index is 2.88. The smallest absolute Gasteiger partial charge is 0.398 e. The number of hydrogen-bond donors (Lipinski definition) is 1. The van der Waals surface area contributed by atoms with Crippen molar-refractivity contribution < 1.29 is 18.0 Å². The first kappa shape index (κ1) is 17.3. The van der Waals surface area contributed by atoms with Gasteiger partial charge in [0.25, 0.3) is 5.91 Å². The summed E-state index contributed by atoms with van der Waals surface area (Å²) in [5.41, 5.74) is 3.90. The van der Waals surface area contributed by atoms with Crippen molar-refractivity contribution in [3.05, 3.63) is 29.3 Å². The maximum Gasteiger partial charge on any atom is 0.418 e. The monoisotopic (exact) mass is 303 g/mol. The van der Waals surface area contributed by atoms with E-state index in [1.54, 1.807) is 7.05 Å². The van der Waals surface area contributed by atoms with Crippen molar-refractivity contribution >= 4 is 11.6 Å². The number of rotatable bonds is 5. The lowest BCUT2D eigenvalue weighted by Gasteiger charge is -2.20. The molecule has 1 aromatic carbocycles. The minimum Gasteiger partial charge on any atom is -0.398 e. The molecule has 0 saturated heterocycles. The molecule has 0 saturated carbocycles. The van der Waals surface area contributed by atoms with Crippen LogP contribution in [-0.4, -0.2) is 49.9 Å². The minimum absolute atomic E-state index is 0.114. The van der Waals surface area contributed by atoms with Crippen LogP contribution in [0.1, 0.15) is 22.3 Å². The molecule has 0 spiro atoms. The molecule has 0 aliphatic rings. The summed E-state index contributed by atoms with van der Waals surface area (Å²) in [5, 5.41) is 0. The second kappa shape index (κ2) is 6.80. The van der Waals surface area contributed by atoms with Gasteiger partial charge < -0.3 is 15.5 Å². The molecule has 1 rings (SSSR count). The number of halogens is 3. The number of nitrogens with zero attached hydrogens (tertiary/aromatic N) is 2. The quantitative estimate of drug-likeness (QED) is 0.849. The molecule has 21 heavy (non-hydrogen) atoms. The number of alkyl halides is 3. The molecule has 1 amide bonds. The van der Waals surface area contributed by atoms with Crippen LogP contribution >= 0.6 is 0 Å². The fourth-order valence-electron chi connectivity index (χ4n) is 1.93. The molecule has 4 nitrogen and oxygen atoms in total. The van der Waals surface area contributed by atoms with E-state index in [1.807, 2.05) is 19.0 Å². The summed E-state index contributed by atoms with van der Waals surface area (Å²) in [7, 11) is 5.37. The number of carbonyl (C=O) groups is 1. The van der Waals surface area contributed by atoms with Gasteiger partial charge in [-0.1, -0.05) is 6.07 Å². The lowest BCUT2D eigenvalue weighted by Crippen LogP contribution is -2.30. The van der Waals surface area contributed by atoms with Crippen molar-refractivity contribution in [2.45, 2.75) is 12.6 Å². The first-order valence-electron chi connectivity index (χ1n) is 6.50. The van der Waals surface area contributed by atoms with Gasteiger partial charge in [-0.2, -0.15) is 13.2 Å². The fourth-order valence-corrected chi connectivity index (χ4v) is 1.93. The molecule has 2 N–H and O–H groups in total. The normalized spacial score (nSPS) is 11.8. The molecular formula is C14H20F3N3O. The van der Waals surface area contributed by atoms with E-state index < -0.39 is 23.3 Å². The molecule has 0 unspecified atom stereocenters. The van der Waals surface area contributed by atoms with Crippen molar-refractivity contribution in [3.63, 3.8) is 0 Å². The maximum absolute atomic E-state index is 12.8. The van der Waals surface area contributed by atoms with Crippen LogP contribution in [0.3, 0.4) is 0 Å². The van der Waals surface area contributed by atoms with Gasteiger partial charge in [0.2, 0.25) is 0 Å². The topological polar surface area (TPSA) is 49.6 Å². The molecule has 0 aliphatic carbocycles. The van der Waals surface area contributed by atoms with Crippen molar-refractivity contribution in [1.29, 1.82) is 0 Å². The number of hydrogen-bond acceptors (Lipinski definition) is 3. The Bertz CT molecular complexity index is 501. The van der Waals surface area contributed by atoms with Gasteiger partial charge in [0.15, 0.2) is 0 Å². The van der Waals surface area contributed by atoms with Crippen molar-refractivity contribution in [2.24, 2.45) is 0 Å². The summed E-state index contributed by atoms with van der Waals surface area (Å²) in [6.07, 6.45) is -3.84. The Morgan fingerprint density at radius 3 is 2.33 bits per heavy atom. The zero-order valence-corrected chi connectivity index (χ0v) is 12.4. The van der Waals surface area contributed by atoms with Gasteiger partial charge in [-0.15, -0.1) is 0 Å². The fraction of sp³-hybridized carbons (Fsp3) is 0.500. The molecule has 0 atom stereocenters. The Labute approximate surface area is 122 Å². The second-order valence-corrected chi connectivity index (χ2v) is 5.15. The zero-order chi connectivity index (χ0) is 16.2. The average molecular weight is 303 g/mol. The van der Waals surface area contributed by atoms with E-state index in [9.17, 15) is 18.0 Å². The lowest BCUT2D eigenvalue weighted by molar-refractivity contribution is -0.136. The maximum atomic E-state index is 12.8. The highest BCUT2D eigenvalue weighted by molar-refractivity contribution is 5.99. The van der Waals surface area contributed by atoms with Crippen LogP contribution in [0.15, 0.2) is 18.2 Å². The first-order valence-corrected chi connectivity index (χ1v) is 6.50. The molecule has 0 fully saturated rings. The van der Waals surface area contributed by atoms with Crippen molar-refractivity contribution in [3.8, 4) is 0 Å². The third kappa shape index (κ3) is 4.63.